The number of hydrogen-bond acceptors (Lipinski definition) is 13. The van der Waals surface area contributed by atoms with Gasteiger partial charge in [0.15, 0.2) is 11.2 Å². The highest BCUT2D eigenvalue weighted by atomic mass is 31.3. The van der Waals surface area contributed by atoms with E-state index in [1.165, 1.54) is 6.33 Å². The number of hydrogen-bond donors (Lipinski definition) is 9. The summed E-state index contributed by atoms with van der Waals surface area (Å²) in [6.45, 7) is -1.06. The Balaban J connectivity index is 0.000000273. The zero-order chi connectivity index (χ0) is 24.3. The average Bonchev–Trinajstić information content (AvgIpc) is 3.18. The van der Waals surface area contributed by atoms with Gasteiger partial charge in [-0.2, -0.15) is 13.6 Å². The van der Waals surface area contributed by atoms with Crippen molar-refractivity contribution < 1.29 is 61.4 Å². The van der Waals surface area contributed by atoms with Gasteiger partial charge in [0, 0.05) is 0 Å². The van der Waals surface area contributed by atoms with Gasteiger partial charge in [0.2, 0.25) is 5.95 Å². The second kappa shape index (κ2) is 10.1. The lowest BCUT2D eigenvalue weighted by Crippen LogP contribution is -2.32. The molecular formula is C10H18N5O14P3. The molecule has 0 bridgehead atoms. The second-order valence-electron chi connectivity index (χ2n) is 5.87. The summed E-state index contributed by atoms with van der Waals surface area (Å²) in [6.07, 6.45) is -2.46. The zero-order valence-corrected chi connectivity index (χ0v) is 18.2. The van der Waals surface area contributed by atoms with E-state index in [1.54, 1.807) is 0 Å². The minimum atomic E-state index is -5.58. The van der Waals surface area contributed by atoms with Gasteiger partial charge < -0.3 is 45.2 Å². The monoisotopic (exact) mass is 525 g/mol. The number of phosphoric acid groups is 3. The van der Waals surface area contributed by atoms with Crippen molar-refractivity contribution in [1.29, 1.82) is 0 Å². The first-order chi connectivity index (χ1) is 14.6. The fourth-order valence-corrected chi connectivity index (χ4v) is 5.17. The predicted molar refractivity (Wildman–Crippen MR) is 100 cm³/mol. The maximum atomic E-state index is 11.3. The third-order valence-electron chi connectivity index (χ3n) is 3.39. The highest BCUT2D eigenvalue weighted by Crippen LogP contribution is 2.66. The number of fused-ring (bicyclic) bond motifs is 1. The van der Waals surface area contributed by atoms with Gasteiger partial charge in [-0.3, -0.25) is 14.3 Å². The van der Waals surface area contributed by atoms with Gasteiger partial charge in [0.05, 0.1) is 19.5 Å². The molecule has 0 spiro atoms. The van der Waals surface area contributed by atoms with Gasteiger partial charge in [0.25, 0.3) is 5.56 Å². The maximum absolute atomic E-state index is 11.3. The van der Waals surface area contributed by atoms with E-state index < -0.39 is 48.4 Å². The summed E-state index contributed by atoms with van der Waals surface area (Å²) in [7, 11) is -16.3. The van der Waals surface area contributed by atoms with Crippen molar-refractivity contribution in [2.75, 3.05) is 18.9 Å². The number of H-pyrrole nitrogens is 2. The van der Waals surface area contributed by atoms with Crippen molar-refractivity contribution in [2.24, 2.45) is 0 Å². The van der Waals surface area contributed by atoms with Crippen LogP contribution in [0.1, 0.15) is 0 Å². The number of ether oxygens (including phenoxy) is 1. The van der Waals surface area contributed by atoms with Gasteiger partial charge in [-0.15, -0.1) is 0 Å². The number of rotatable bonds is 7. The van der Waals surface area contributed by atoms with Crippen LogP contribution in [-0.2, 0) is 31.6 Å². The van der Waals surface area contributed by atoms with Crippen LogP contribution in [0.4, 0.5) is 5.95 Å². The molecule has 5 atom stereocenters. The molecule has 2 aromatic heterocycles. The molecule has 3 rings (SSSR count). The van der Waals surface area contributed by atoms with Crippen molar-refractivity contribution >= 4 is 40.6 Å². The fourth-order valence-electron chi connectivity index (χ4n) is 2.14. The number of imidazole rings is 1. The van der Waals surface area contributed by atoms with Gasteiger partial charge >= 0.3 is 23.5 Å². The normalized spacial score (nSPS) is 25.0. The fraction of sp³-hybridized carbons (Fsp3) is 0.500. The number of aromatic nitrogens is 4. The molecule has 19 nitrogen and oxygen atoms in total. The summed E-state index contributed by atoms with van der Waals surface area (Å²) in [4.78, 5) is 58.1. The molecule has 0 aliphatic carbocycles. The van der Waals surface area contributed by atoms with Crippen LogP contribution < -0.4 is 11.3 Å². The summed E-state index contributed by atoms with van der Waals surface area (Å²) in [5.74, 6) is 0.0783. The van der Waals surface area contributed by atoms with E-state index >= 15 is 0 Å². The lowest BCUT2D eigenvalue weighted by molar-refractivity contribution is -0.00592. The van der Waals surface area contributed by atoms with Gasteiger partial charge in [-0.1, -0.05) is 0 Å². The Bertz CT molecular complexity index is 1130. The molecule has 10 N–H and O–H groups in total. The SMILES string of the molecule is Nc1nc2nc[nH]c2c(=O)[nH]1.O=P(O)(O)OP(=O)(O)OP(=O)(O)OC[C@H]1OC[C@H](O)[C@@H]1O. The molecule has 0 amide bonds. The first-order valence-corrected chi connectivity index (χ1v) is 12.6. The van der Waals surface area contributed by atoms with Crippen molar-refractivity contribution in [3.05, 3.63) is 16.7 Å². The summed E-state index contributed by atoms with van der Waals surface area (Å²) in [5.41, 5.74) is 5.65. The molecule has 1 saturated heterocycles. The molecule has 22 heteroatoms. The predicted octanol–water partition coefficient (Wildman–Crippen LogP) is -2.32. The van der Waals surface area contributed by atoms with Crippen LogP contribution >= 0.6 is 23.5 Å². The Kier molecular flexibility index (Phi) is 8.46. The first-order valence-electron chi connectivity index (χ1n) is 8.03. The van der Waals surface area contributed by atoms with E-state index in [2.05, 4.69) is 33.1 Å². The van der Waals surface area contributed by atoms with E-state index in [0.29, 0.717) is 11.2 Å². The van der Waals surface area contributed by atoms with E-state index in [0.717, 1.165) is 0 Å². The molecule has 3 heterocycles. The Morgan fingerprint density at radius 1 is 1.16 bits per heavy atom. The van der Waals surface area contributed by atoms with Crippen molar-refractivity contribution in [1.82, 2.24) is 19.9 Å². The highest BCUT2D eigenvalue weighted by molar-refractivity contribution is 7.66. The average molecular weight is 525 g/mol. The number of aliphatic hydroxyl groups is 2. The third-order valence-corrected chi connectivity index (χ3v) is 7.19. The summed E-state index contributed by atoms with van der Waals surface area (Å²) in [5, 5.41) is 18.5. The van der Waals surface area contributed by atoms with Crippen LogP contribution in [0, 0.1) is 0 Å². The van der Waals surface area contributed by atoms with Crippen LogP contribution in [0.3, 0.4) is 0 Å². The quantitative estimate of drug-likeness (QED) is 0.171. The Morgan fingerprint density at radius 3 is 2.38 bits per heavy atom. The number of nitrogens with one attached hydrogen (secondary N) is 2. The van der Waals surface area contributed by atoms with Gasteiger partial charge in [0.1, 0.15) is 18.3 Å². The number of aromatic amines is 2. The van der Waals surface area contributed by atoms with Crippen molar-refractivity contribution in [3.8, 4) is 0 Å². The lowest BCUT2D eigenvalue weighted by atomic mass is 10.2. The lowest BCUT2D eigenvalue weighted by Gasteiger charge is -2.19. The van der Waals surface area contributed by atoms with Crippen LogP contribution in [0.2, 0.25) is 0 Å². The molecule has 32 heavy (non-hydrogen) atoms. The maximum Gasteiger partial charge on any atom is 0.490 e. The van der Waals surface area contributed by atoms with Crippen LogP contribution in [0.15, 0.2) is 11.1 Å². The number of nitrogens with two attached hydrogens (primary N) is 1. The number of nitrogens with zero attached hydrogens (tertiary/aromatic N) is 2. The standard InChI is InChI=1S/C5H5N5O.C5H13O13P3/c6-5-9-3-2(4(11)10-5)7-1-8-3;6-3-1-15-4(5(3)7)2-16-20(11,12)18-21(13,14)17-19(8,9)10/h1H,(H4,6,7,8,9,10,11);3-7H,1-2H2,(H,11,12)(H,13,14)(H2,8,9,10)/t;3-,4+,5-/m.0/s1. The van der Waals surface area contributed by atoms with E-state index in [1.807, 2.05) is 0 Å². The molecule has 0 aromatic carbocycles. The smallest absolute Gasteiger partial charge is 0.388 e. The topological polar surface area (TPSA) is 310 Å². The molecule has 0 radical (unpaired) electrons. The number of anilines is 1. The van der Waals surface area contributed by atoms with E-state index in [9.17, 15) is 23.6 Å². The van der Waals surface area contributed by atoms with E-state index in [4.69, 9.17) is 35.2 Å². The number of phosphoric ester groups is 1. The second-order valence-corrected chi connectivity index (χ2v) is 10.3. The van der Waals surface area contributed by atoms with Gasteiger partial charge in [-0.05, 0) is 0 Å². The zero-order valence-electron chi connectivity index (χ0n) is 15.5. The molecule has 0 saturated carbocycles. The number of nitrogen functional groups attached to an aromatic ring is 1. The van der Waals surface area contributed by atoms with Crippen molar-refractivity contribution in [3.63, 3.8) is 0 Å². The van der Waals surface area contributed by atoms with Crippen LogP contribution in [0.5, 0.6) is 0 Å². The van der Waals surface area contributed by atoms with Crippen molar-refractivity contribution in [2.45, 2.75) is 18.3 Å². The third kappa shape index (κ3) is 8.09. The molecule has 2 unspecified atom stereocenters. The molecule has 2 aromatic rings. The first kappa shape index (κ1) is 26.7. The molecule has 1 fully saturated rings. The summed E-state index contributed by atoms with van der Waals surface area (Å²) in [6, 6.07) is 0. The van der Waals surface area contributed by atoms with Crippen LogP contribution in [0.25, 0.3) is 11.2 Å². The largest absolute Gasteiger partial charge is 0.490 e. The molecular weight excluding hydrogens is 507 g/mol. The van der Waals surface area contributed by atoms with Crippen LogP contribution in [-0.4, -0.2) is 81.2 Å². The molecule has 182 valence electrons. The minimum Gasteiger partial charge on any atom is -0.388 e. The van der Waals surface area contributed by atoms with Gasteiger partial charge in [-0.25, -0.2) is 18.7 Å². The summed E-state index contributed by atoms with van der Waals surface area (Å²) >= 11 is 0. The molecule has 1 aliphatic heterocycles. The highest BCUT2D eigenvalue weighted by Gasteiger charge is 2.42. The Labute approximate surface area is 176 Å². The number of aliphatic hydroxyl groups excluding tert-OH is 2. The Hall–Kier alpha value is -1.56. The Morgan fingerprint density at radius 2 is 1.81 bits per heavy atom. The minimum absolute atomic E-state index is 0.0783. The summed E-state index contributed by atoms with van der Waals surface area (Å²) < 4.78 is 48.6. The van der Waals surface area contributed by atoms with E-state index in [-0.39, 0.29) is 18.1 Å². The molecule has 1 aliphatic rings.